The molecule has 2 N–H and O–H groups in total. The molecule has 2 aromatic carbocycles. The predicted octanol–water partition coefficient (Wildman–Crippen LogP) is 4.76. The molecule has 7 nitrogen and oxygen atoms in total. The number of amides is 1. The van der Waals surface area contributed by atoms with Crippen molar-refractivity contribution < 1.29 is 4.79 Å². The fraction of sp³-hybridized carbons (Fsp3) is 0.406. The molecule has 0 radical (unpaired) electrons. The number of aromatic nitrogens is 1. The third-order valence-electron chi connectivity index (χ3n) is 8.49. The van der Waals surface area contributed by atoms with E-state index in [0.29, 0.717) is 18.5 Å². The van der Waals surface area contributed by atoms with Crippen LogP contribution in [0.5, 0.6) is 0 Å². The van der Waals surface area contributed by atoms with Crippen LogP contribution < -0.4 is 10.9 Å². The Bertz CT molecular complexity index is 1500. The Kier molecular flexibility index (Phi) is 6.85. The zero-order chi connectivity index (χ0) is 27.1. The van der Waals surface area contributed by atoms with Crippen molar-refractivity contribution in [3.63, 3.8) is 0 Å². The number of rotatable bonds is 8. The molecular weight excluding hydrogens is 486 g/mol. The number of nitrogens with one attached hydrogen (secondary N) is 2. The third-order valence-corrected chi connectivity index (χ3v) is 8.49. The number of nitrogens with zero attached hydrogens (tertiary/aromatic N) is 3. The van der Waals surface area contributed by atoms with Crippen LogP contribution in [0.3, 0.4) is 0 Å². The van der Waals surface area contributed by atoms with Gasteiger partial charge in [-0.15, -0.1) is 0 Å². The van der Waals surface area contributed by atoms with Crippen LogP contribution in [0, 0.1) is 13.8 Å². The van der Waals surface area contributed by atoms with Crippen molar-refractivity contribution >= 4 is 23.0 Å². The highest BCUT2D eigenvalue weighted by molar-refractivity contribution is 6.10. The summed E-state index contributed by atoms with van der Waals surface area (Å²) >= 11 is 0. The van der Waals surface area contributed by atoms with Gasteiger partial charge in [0.2, 0.25) is 0 Å². The molecule has 0 bridgehead atoms. The first-order chi connectivity index (χ1) is 18.9. The fourth-order valence-electron chi connectivity index (χ4n) is 6.34. The van der Waals surface area contributed by atoms with Crippen molar-refractivity contribution in [1.29, 1.82) is 0 Å². The number of benzene rings is 2. The van der Waals surface area contributed by atoms with E-state index in [9.17, 15) is 9.59 Å². The van der Waals surface area contributed by atoms with E-state index in [-0.39, 0.29) is 17.5 Å². The topological polar surface area (TPSA) is 80.8 Å². The van der Waals surface area contributed by atoms with Gasteiger partial charge in [0.05, 0.1) is 22.6 Å². The first-order valence-corrected chi connectivity index (χ1v) is 14.2. The van der Waals surface area contributed by atoms with E-state index in [4.69, 9.17) is 4.99 Å². The van der Waals surface area contributed by atoms with Gasteiger partial charge in [0, 0.05) is 43.9 Å². The Morgan fingerprint density at radius 3 is 2.56 bits per heavy atom. The van der Waals surface area contributed by atoms with Gasteiger partial charge in [0.25, 0.3) is 11.5 Å². The molecule has 202 valence electrons. The van der Waals surface area contributed by atoms with Crippen molar-refractivity contribution in [2.75, 3.05) is 31.5 Å². The smallest absolute Gasteiger partial charge is 0.259 e. The second-order valence-corrected chi connectivity index (χ2v) is 11.4. The molecule has 3 aliphatic rings. The first-order valence-electron chi connectivity index (χ1n) is 14.2. The lowest BCUT2D eigenvalue weighted by atomic mass is 9.96. The van der Waals surface area contributed by atoms with Crippen molar-refractivity contribution in [3.8, 4) is 0 Å². The largest absolute Gasteiger partial charge is 0.382 e. The van der Waals surface area contributed by atoms with Gasteiger partial charge in [-0.25, -0.2) is 0 Å². The molecule has 3 aliphatic heterocycles. The molecule has 39 heavy (non-hydrogen) atoms. The number of hydrogen-bond acceptors (Lipinski definition) is 5. The van der Waals surface area contributed by atoms with Crippen LogP contribution in [0.4, 0.5) is 11.4 Å². The van der Waals surface area contributed by atoms with Crippen molar-refractivity contribution in [3.05, 3.63) is 91.9 Å². The minimum atomic E-state index is -0.150. The molecule has 4 heterocycles. The van der Waals surface area contributed by atoms with E-state index >= 15 is 0 Å². The molecule has 0 saturated carbocycles. The van der Waals surface area contributed by atoms with Crippen LogP contribution in [0.15, 0.2) is 52.4 Å². The van der Waals surface area contributed by atoms with Crippen molar-refractivity contribution in [2.45, 2.75) is 59.0 Å². The summed E-state index contributed by atoms with van der Waals surface area (Å²) in [6.45, 7) is 11.1. The van der Waals surface area contributed by atoms with Crippen LogP contribution in [-0.2, 0) is 19.4 Å². The van der Waals surface area contributed by atoms with Gasteiger partial charge in [-0.3, -0.25) is 14.6 Å². The SMILES string of the molecule is Cc1cccc(C)c1C[C@H](C)Nc1cc[nH]c(=O)c1C1=Nc2cc3c(cc2C1)C(=O)N(CCN1CCCC1)C3. The minimum Gasteiger partial charge on any atom is -0.382 e. The molecule has 6 rings (SSSR count). The maximum atomic E-state index is 13.2. The second-order valence-electron chi connectivity index (χ2n) is 11.4. The monoisotopic (exact) mass is 523 g/mol. The summed E-state index contributed by atoms with van der Waals surface area (Å²) in [6.07, 6.45) is 5.60. The number of H-pyrrole nitrogens is 1. The molecule has 0 spiro atoms. The number of aliphatic imine (C=N–C) groups is 1. The molecule has 1 saturated heterocycles. The summed E-state index contributed by atoms with van der Waals surface area (Å²) in [7, 11) is 0. The number of aryl methyl sites for hydroxylation is 2. The fourth-order valence-corrected chi connectivity index (χ4v) is 6.34. The third kappa shape index (κ3) is 5.03. The van der Waals surface area contributed by atoms with Gasteiger partial charge in [-0.1, -0.05) is 18.2 Å². The number of pyridine rings is 1. The maximum absolute atomic E-state index is 13.2. The van der Waals surface area contributed by atoms with E-state index < -0.39 is 0 Å². The van der Waals surface area contributed by atoms with E-state index in [1.165, 1.54) is 29.5 Å². The van der Waals surface area contributed by atoms with E-state index in [2.05, 4.69) is 60.2 Å². The summed E-state index contributed by atoms with van der Waals surface area (Å²) in [4.78, 5) is 38.4. The van der Waals surface area contributed by atoms with Gasteiger partial charge in [-0.2, -0.15) is 0 Å². The quantitative estimate of drug-likeness (QED) is 0.446. The number of anilines is 1. The Morgan fingerprint density at radius 1 is 1.03 bits per heavy atom. The zero-order valence-corrected chi connectivity index (χ0v) is 23.1. The first kappa shape index (κ1) is 25.6. The number of aromatic amines is 1. The van der Waals surface area contributed by atoms with Gasteiger partial charge in [-0.05, 0) is 99.1 Å². The predicted molar refractivity (Wildman–Crippen MR) is 157 cm³/mol. The highest BCUT2D eigenvalue weighted by Crippen LogP contribution is 2.36. The Labute approximate surface area is 230 Å². The normalized spacial score (nSPS) is 17.4. The van der Waals surface area contributed by atoms with Gasteiger partial charge in [0.1, 0.15) is 0 Å². The van der Waals surface area contributed by atoms with Crippen LogP contribution in [0.25, 0.3) is 0 Å². The molecule has 1 amide bonds. The van der Waals surface area contributed by atoms with Crippen LogP contribution in [0.1, 0.15) is 63.5 Å². The van der Waals surface area contributed by atoms with Crippen LogP contribution in [-0.4, -0.2) is 58.6 Å². The molecule has 0 aliphatic carbocycles. The van der Waals surface area contributed by atoms with E-state index in [1.807, 2.05) is 17.0 Å². The van der Waals surface area contributed by atoms with Gasteiger partial charge in [0.15, 0.2) is 0 Å². The molecule has 1 fully saturated rings. The number of hydrogen-bond donors (Lipinski definition) is 2. The zero-order valence-electron chi connectivity index (χ0n) is 23.1. The average molecular weight is 524 g/mol. The summed E-state index contributed by atoms with van der Waals surface area (Å²) in [5, 5.41) is 3.59. The van der Waals surface area contributed by atoms with Crippen molar-refractivity contribution in [1.82, 2.24) is 14.8 Å². The summed E-state index contributed by atoms with van der Waals surface area (Å²) < 4.78 is 0. The minimum absolute atomic E-state index is 0.112. The molecular formula is C32H37N5O2. The lowest BCUT2D eigenvalue weighted by Crippen LogP contribution is -2.33. The van der Waals surface area contributed by atoms with E-state index in [1.54, 1.807) is 6.20 Å². The number of fused-ring (bicyclic) bond motifs is 2. The molecule has 0 unspecified atom stereocenters. The van der Waals surface area contributed by atoms with Crippen LogP contribution in [0.2, 0.25) is 0 Å². The average Bonchev–Trinajstić information content (AvgIpc) is 3.63. The number of carbonyl (C=O) groups excluding carboxylic acids is 1. The van der Waals surface area contributed by atoms with Gasteiger partial charge >= 0.3 is 0 Å². The molecule has 1 atom stereocenters. The van der Waals surface area contributed by atoms with Crippen LogP contribution >= 0.6 is 0 Å². The summed E-state index contributed by atoms with van der Waals surface area (Å²) in [6, 6.07) is 12.5. The van der Waals surface area contributed by atoms with E-state index in [0.717, 1.165) is 66.4 Å². The number of carbonyl (C=O) groups is 1. The lowest BCUT2D eigenvalue weighted by Gasteiger charge is -2.20. The molecule has 3 aromatic rings. The summed E-state index contributed by atoms with van der Waals surface area (Å²) in [5.41, 5.74) is 9.57. The maximum Gasteiger partial charge on any atom is 0.259 e. The lowest BCUT2D eigenvalue weighted by molar-refractivity contribution is 0.0763. The highest BCUT2D eigenvalue weighted by atomic mass is 16.2. The second kappa shape index (κ2) is 10.5. The van der Waals surface area contributed by atoms with Gasteiger partial charge < -0.3 is 20.1 Å². The highest BCUT2D eigenvalue weighted by Gasteiger charge is 2.31. The Morgan fingerprint density at radius 2 is 1.79 bits per heavy atom. The summed E-state index contributed by atoms with van der Waals surface area (Å²) in [5.74, 6) is 0.112. The molecule has 1 aromatic heterocycles. The Balaban J connectivity index is 1.20. The molecule has 7 heteroatoms. The Hall–Kier alpha value is -3.71. The number of likely N-dealkylation sites (tertiary alicyclic amines) is 1. The van der Waals surface area contributed by atoms with Crippen molar-refractivity contribution in [2.24, 2.45) is 4.99 Å². The standard InChI is InChI=1S/C32H37N5O2/c1-20-7-6-8-21(2)25(20)15-22(3)34-27-9-10-33-31(38)30(27)29-17-23-16-26-24(18-28(23)35-29)19-37(32(26)39)14-13-36-11-4-5-12-36/h6-10,16,18,22H,4-5,11-15,17,19H2,1-3H3,(H2,33,34,38)/t22-/m0/s1.